The van der Waals surface area contributed by atoms with Crippen molar-refractivity contribution in [1.82, 2.24) is 0 Å². The number of nitro groups is 1. The van der Waals surface area contributed by atoms with E-state index in [1.54, 1.807) is 0 Å². The number of sulfone groups is 2. The summed E-state index contributed by atoms with van der Waals surface area (Å²) in [6.45, 7) is 1.06. The van der Waals surface area contributed by atoms with Crippen LogP contribution in [0.5, 0.6) is 0 Å². The summed E-state index contributed by atoms with van der Waals surface area (Å²) in [4.78, 5) is 33.9. The van der Waals surface area contributed by atoms with Crippen molar-refractivity contribution in [3.05, 3.63) is 27.8 Å². The van der Waals surface area contributed by atoms with E-state index in [4.69, 9.17) is 0 Å². The molecule has 2 N–H and O–H groups in total. The Labute approximate surface area is 142 Å². The van der Waals surface area contributed by atoms with Gasteiger partial charge in [-0.25, -0.2) is 16.8 Å². The molecule has 0 aliphatic carbocycles. The molecule has 25 heavy (non-hydrogen) atoms. The lowest BCUT2D eigenvalue weighted by Gasteiger charge is -2.23. The number of fused-ring (bicyclic) bond motifs is 1. The molecule has 0 aromatic heterocycles. The SMILES string of the molecule is CC(=O)Nc1cc2c(cc1[N+](=O)[O-])NC(=O)C2(S(C)(=O)=O)S(C)(=O)=O. The summed E-state index contributed by atoms with van der Waals surface area (Å²) in [5.41, 5.74) is -1.89. The summed E-state index contributed by atoms with van der Waals surface area (Å²) >= 11 is 0. The van der Waals surface area contributed by atoms with Crippen LogP contribution in [0.4, 0.5) is 17.1 Å². The fourth-order valence-electron chi connectivity index (χ4n) is 2.74. The first kappa shape index (κ1) is 18.8. The fourth-order valence-corrected chi connectivity index (χ4v) is 6.85. The number of rotatable bonds is 4. The highest BCUT2D eigenvalue weighted by Gasteiger charge is 2.63. The molecule has 0 radical (unpaired) electrons. The van der Waals surface area contributed by atoms with Gasteiger partial charge < -0.3 is 10.6 Å². The Hall–Kier alpha value is -2.54. The number of nitro benzene ring substituents is 1. The van der Waals surface area contributed by atoms with E-state index in [0.717, 1.165) is 19.1 Å². The van der Waals surface area contributed by atoms with E-state index in [1.165, 1.54) is 0 Å². The summed E-state index contributed by atoms with van der Waals surface area (Å²) in [7, 11) is -9.09. The lowest BCUT2D eigenvalue weighted by Crippen LogP contribution is -2.48. The molecule has 1 aromatic rings. The maximum atomic E-state index is 12.3. The van der Waals surface area contributed by atoms with E-state index in [-0.39, 0.29) is 5.69 Å². The van der Waals surface area contributed by atoms with Crippen LogP contribution in [0.2, 0.25) is 0 Å². The highest BCUT2D eigenvalue weighted by Crippen LogP contribution is 2.48. The Morgan fingerprint density at radius 1 is 1.20 bits per heavy atom. The van der Waals surface area contributed by atoms with E-state index >= 15 is 0 Å². The van der Waals surface area contributed by atoms with Gasteiger partial charge in [0.15, 0.2) is 19.7 Å². The Morgan fingerprint density at radius 3 is 2.12 bits per heavy atom. The number of hydrogen-bond acceptors (Lipinski definition) is 8. The molecule has 0 saturated carbocycles. The van der Waals surface area contributed by atoms with Gasteiger partial charge >= 0.3 is 0 Å². The number of benzene rings is 1. The first-order valence-corrected chi connectivity index (χ1v) is 10.3. The summed E-state index contributed by atoms with van der Waals surface area (Å²) in [6.07, 6.45) is 1.14. The summed E-state index contributed by atoms with van der Waals surface area (Å²) < 4.78 is 46.1. The van der Waals surface area contributed by atoms with E-state index in [1.807, 2.05) is 0 Å². The van der Waals surface area contributed by atoms with Crippen molar-refractivity contribution in [1.29, 1.82) is 0 Å². The van der Waals surface area contributed by atoms with Crippen LogP contribution in [0.3, 0.4) is 0 Å². The molecule has 0 atom stereocenters. The van der Waals surface area contributed by atoms with Gasteiger partial charge in [-0.2, -0.15) is 0 Å². The van der Waals surface area contributed by atoms with Crippen molar-refractivity contribution in [2.24, 2.45) is 0 Å². The van der Waals surface area contributed by atoms with Gasteiger partial charge in [0.05, 0.1) is 10.6 Å². The van der Waals surface area contributed by atoms with Crippen LogP contribution in [0, 0.1) is 10.1 Å². The Bertz CT molecular complexity index is 995. The number of amides is 2. The minimum atomic E-state index is -4.55. The molecule has 2 rings (SSSR count). The minimum Gasteiger partial charge on any atom is -0.323 e. The average Bonchev–Trinajstić information content (AvgIpc) is 2.67. The highest BCUT2D eigenvalue weighted by atomic mass is 32.3. The zero-order chi connectivity index (χ0) is 19.4. The number of hydrogen-bond donors (Lipinski definition) is 2. The second kappa shape index (κ2) is 5.49. The second-order valence-electron chi connectivity index (χ2n) is 5.47. The van der Waals surface area contributed by atoms with E-state index < -0.39 is 57.4 Å². The molecule has 2 amide bonds. The molecule has 1 aliphatic heterocycles. The first-order chi connectivity index (χ1) is 11.2. The van der Waals surface area contributed by atoms with E-state index in [0.29, 0.717) is 12.5 Å². The fraction of sp³-hybridized carbons (Fsp3) is 0.333. The normalized spacial score (nSPS) is 16.0. The molecule has 0 bridgehead atoms. The van der Waals surface area contributed by atoms with E-state index in [2.05, 4.69) is 10.6 Å². The van der Waals surface area contributed by atoms with Crippen molar-refractivity contribution >= 4 is 48.6 Å². The molecule has 1 aliphatic rings. The Morgan fingerprint density at radius 2 is 1.72 bits per heavy atom. The summed E-state index contributed by atoms with van der Waals surface area (Å²) in [6, 6.07) is 1.62. The Balaban J connectivity index is 2.98. The van der Waals surface area contributed by atoms with Crippen LogP contribution in [-0.2, 0) is 33.3 Å². The number of carbonyl (C=O) groups excluding carboxylic acids is 2. The van der Waals surface area contributed by atoms with Gasteiger partial charge in [-0.05, 0) is 6.07 Å². The van der Waals surface area contributed by atoms with Gasteiger partial charge in [-0.15, -0.1) is 0 Å². The lowest BCUT2D eigenvalue weighted by atomic mass is 10.1. The zero-order valence-electron chi connectivity index (χ0n) is 13.2. The largest absolute Gasteiger partial charge is 0.323 e. The zero-order valence-corrected chi connectivity index (χ0v) is 14.8. The molecule has 0 saturated heterocycles. The summed E-state index contributed by atoms with van der Waals surface area (Å²) in [5, 5.41) is 15.3. The summed E-state index contributed by atoms with van der Waals surface area (Å²) in [5.74, 6) is -2.06. The third kappa shape index (κ3) is 2.64. The monoisotopic (exact) mass is 391 g/mol. The lowest BCUT2D eigenvalue weighted by molar-refractivity contribution is -0.383. The van der Waals surface area contributed by atoms with Crippen molar-refractivity contribution in [2.75, 3.05) is 23.1 Å². The van der Waals surface area contributed by atoms with Gasteiger partial charge in [-0.1, -0.05) is 0 Å². The molecule has 13 heteroatoms. The molecule has 0 spiro atoms. The average molecular weight is 391 g/mol. The topological polar surface area (TPSA) is 170 Å². The van der Waals surface area contributed by atoms with Crippen LogP contribution < -0.4 is 10.6 Å². The van der Waals surface area contributed by atoms with Crippen LogP contribution >= 0.6 is 0 Å². The van der Waals surface area contributed by atoms with Gasteiger partial charge in [0, 0.05) is 31.1 Å². The molecule has 0 fully saturated rings. The molecule has 1 aromatic carbocycles. The Kier molecular flexibility index (Phi) is 4.13. The number of nitrogens with zero attached hydrogens (tertiary/aromatic N) is 1. The van der Waals surface area contributed by atoms with Crippen molar-refractivity contribution < 1.29 is 31.3 Å². The number of anilines is 2. The predicted molar refractivity (Wildman–Crippen MR) is 87.4 cm³/mol. The third-order valence-corrected chi connectivity index (χ3v) is 8.31. The maximum Gasteiger partial charge on any atom is 0.294 e. The number of nitrogens with one attached hydrogen (secondary N) is 2. The predicted octanol–water partition coefficient (Wildman–Crippen LogP) is -0.253. The van der Waals surface area contributed by atoms with Crippen LogP contribution in [-0.4, -0.2) is 46.1 Å². The highest BCUT2D eigenvalue weighted by molar-refractivity contribution is 8.10. The second-order valence-corrected chi connectivity index (χ2v) is 10.0. The van der Waals surface area contributed by atoms with Gasteiger partial charge in [-0.3, -0.25) is 19.7 Å². The van der Waals surface area contributed by atoms with Gasteiger partial charge in [0.1, 0.15) is 5.69 Å². The standard InChI is InChI=1S/C12H13N3O8S2/c1-6(16)13-9-4-7-8(5-10(9)15(18)19)14-11(17)12(7,24(2,20)21)25(3,22)23/h4-5H,1-3H3,(H,13,16)(H,14,17). The van der Waals surface area contributed by atoms with Gasteiger partial charge in [0.2, 0.25) is 5.91 Å². The van der Waals surface area contributed by atoms with Crippen LogP contribution in [0.15, 0.2) is 12.1 Å². The van der Waals surface area contributed by atoms with Crippen molar-refractivity contribution in [3.63, 3.8) is 0 Å². The molecule has 1 heterocycles. The molecule has 11 nitrogen and oxygen atoms in total. The van der Waals surface area contributed by atoms with Crippen molar-refractivity contribution in [3.8, 4) is 0 Å². The molecule has 136 valence electrons. The smallest absolute Gasteiger partial charge is 0.294 e. The molecule has 0 unspecified atom stereocenters. The molecular weight excluding hydrogens is 378 g/mol. The van der Waals surface area contributed by atoms with Crippen LogP contribution in [0.25, 0.3) is 0 Å². The first-order valence-electron chi connectivity index (χ1n) is 6.54. The molecular formula is C12H13N3O8S2. The van der Waals surface area contributed by atoms with E-state index in [9.17, 15) is 36.5 Å². The number of carbonyl (C=O) groups is 2. The maximum absolute atomic E-state index is 12.3. The van der Waals surface area contributed by atoms with Crippen molar-refractivity contribution in [2.45, 2.75) is 11.0 Å². The van der Waals surface area contributed by atoms with Gasteiger partial charge in [0.25, 0.3) is 15.7 Å². The van der Waals surface area contributed by atoms with Crippen LogP contribution in [0.1, 0.15) is 12.5 Å². The third-order valence-electron chi connectivity index (χ3n) is 3.59. The minimum absolute atomic E-state index is 0.332. The quantitative estimate of drug-likeness (QED) is 0.522.